The lowest BCUT2D eigenvalue weighted by Gasteiger charge is -2.16. The number of benzene rings is 3. The van der Waals surface area contributed by atoms with Crippen LogP contribution in [0.5, 0.6) is 0 Å². The van der Waals surface area contributed by atoms with Crippen LogP contribution in [0, 0.1) is 0 Å². The summed E-state index contributed by atoms with van der Waals surface area (Å²) in [5.41, 5.74) is 2.44. The Balaban J connectivity index is 1.31. The number of hydrogen-bond donors (Lipinski definition) is 1. The van der Waals surface area contributed by atoms with E-state index in [-0.39, 0.29) is 18.6 Å². The van der Waals surface area contributed by atoms with E-state index in [2.05, 4.69) is 10.4 Å². The van der Waals surface area contributed by atoms with Crippen LogP contribution < -0.4 is 5.32 Å². The zero-order valence-electron chi connectivity index (χ0n) is 17.2. The van der Waals surface area contributed by atoms with Crippen molar-refractivity contribution in [3.05, 3.63) is 102 Å². The SMILES string of the molecule is CC(NC(=O)COC(=O)c1ccc(Cn2cccn2)cc1)c1cccc2ccccc12. The van der Waals surface area contributed by atoms with Gasteiger partial charge < -0.3 is 10.1 Å². The van der Waals surface area contributed by atoms with Crippen LogP contribution in [0.2, 0.25) is 0 Å². The topological polar surface area (TPSA) is 73.2 Å². The zero-order chi connectivity index (χ0) is 21.6. The largest absolute Gasteiger partial charge is 0.452 e. The Labute approximate surface area is 180 Å². The molecule has 0 aliphatic carbocycles. The Hall–Kier alpha value is -3.93. The Morgan fingerprint density at radius 2 is 1.77 bits per heavy atom. The molecule has 6 nitrogen and oxygen atoms in total. The number of nitrogens with zero attached hydrogens (tertiary/aromatic N) is 2. The molecule has 1 N–H and O–H groups in total. The molecule has 4 aromatic rings. The maximum Gasteiger partial charge on any atom is 0.338 e. The van der Waals surface area contributed by atoms with Gasteiger partial charge in [-0.3, -0.25) is 9.48 Å². The first kappa shape index (κ1) is 20.3. The molecule has 1 aromatic heterocycles. The first-order valence-corrected chi connectivity index (χ1v) is 10.1. The number of esters is 1. The van der Waals surface area contributed by atoms with Crippen molar-refractivity contribution in [3.63, 3.8) is 0 Å². The predicted octanol–water partition coefficient (Wildman–Crippen LogP) is 4.12. The van der Waals surface area contributed by atoms with Gasteiger partial charge in [0, 0.05) is 12.4 Å². The summed E-state index contributed by atoms with van der Waals surface area (Å²) in [7, 11) is 0. The zero-order valence-corrected chi connectivity index (χ0v) is 17.2. The fourth-order valence-electron chi connectivity index (χ4n) is 3.53. The maximum atomic E-state index is 12.3. The van der Waals surface area contributed by atoms with Crippen LogP contribution in [0.4, 0.5) is 0 Å². The first-order valence-electron chi connectivity index (χ1n) is 10.1. The number of rotatable bonds is 7. The van der Waals surface area contributed by atoms with Crippen molar-refractivity contribution in [2.75, 3.05) is 6.61 Å². The molecule has 31 heavy (non-hydrogen) atoms. The summed E-state index contributed by atoms with van der Waals surface area (Å²) in [6.07, 6.45) is 3.60. The third-order valence-corrected chi connectivity index (χ3v) is 5.10. The quantitative estimate of drug-likeness (QED) is 0.463. The highest BCUT2D eigenvalue weighted by molar-refractivity contribution is 5.91. The van der Waals surface area contributed by atoms with E-state index >= 15 is 0 Å². The summed E-state index contributed by atoms with van der Waals surface area (Å²) in [5.74, 6) is -0.873. The second-order valence-corrected chi connectivity index (χ2v) is 7.33. The van der Waals surface area contributed by atoms with Crippen LogP contribution in [-0.2, 0) is 16.1 Å². The van der Waals surface area contributed by atoms with Gasteiger partial charge >= 0.3 is 5.97 Å². The lowest BCUT2D eigenvalue weighted by atomic mass is 10.00. The molecule has 0 bridgehead atoms. The van der Waals surface area contributed by atoms with Gasteiger partial charge in [0.2, 0.25) is 0 Å². The van der Waals surface area contributed by atoms with E-state index in [1.807, 2.05) is 73.8 Å². The molecular weight excluding hydrogens is 390 g/mol. The molecule has 0 aliphatic rings. The van der Waals surface area contributed by atoms with Gasteiger partial charge in [-0.25, -0.2) is 4.79 Å². The molecule has 156 valence electrons. The minimum Gasteiger partial charge on any atom is -0.452 e. The number of nitrogens with one attached hydrogen (secondary N) is 1. The molecule has 0 aliphatic heterocycles. The monoisotopic (exact) mass is 413 g/mol. The van der Waals surface area contributed by atoms with E-state index in [0.29, 0.717) is 12.1 Å². The number of amides is 1. The average molecular weight is 413 g/mol. The highest BCUT2D eigenvalue weighted by Crippen LogP contribution is 2.23. The summed E-state index contributed by atoms with van der Waals surface area (Å²) in [4.78, 5) is 24.6. The number of carbonyl (C=O) groups is 2. The van der Waals surface area contributed by atoms with Gasteiger partial charge in [-0.2, -0.15) is 5.10 Å². The Bertz CT molecular complexity index is 1180. The highest BCUT2D eigenvalue weighted by Gasteiger charge is 2.15. The van der Waals surface area contributed by atoms with Gasteiger partial charge in [0.25, 0.3) is 5.91 Å². The second-order valence-electron chi connectivity index (χ2n) is 7.33. The maximum absolute atomic E-state index is 12.3. The van der Waals surface area contributed by atoms with Gasteiger partial charge in [-0.1, -0.05) is 54.6 Å². The van der Waals surface area contributed by atoms with Crippen LogP contribution in [0.3, 0.4) is 0 Å². The molecule has 1 amide bonds. The van der Waals surface area contributed by atoms with Crippen molar-refractivity contribution in [2.45, 2.75) is 19.5 Å². The average Bonchev–Trinajstić information content (AvgIpc) is 3.30. The molecule has 0 radical (unpaired) electrons. The molecule has 1 heterocycles. The normalized spacial score (nSPS) is 11.8. The number of carbonyl (C=O) groups excluding carboxylic acids is 2. The molecule has 0 saturated heterocycles. The van der Waals surface area contributed by atoms with Crippen molar-refractivity contribution in [1.82, 2.24) is 15.1 Å². The Morgan fingerprint density at radius 3 is 2.55 bits per heavy atom. The van der Waals surface area contributed by atoms with Crippen LogP contribution in [0.1, 0.15) is 34.5 Å². The molecular formula is C25H23N3O3. The molecule has 1 unspecified atom stereocenters. The van der Waals surface area contributed by atoms with E-state index in [1.54, 1.807) is 23.0 Å². The fourth-order valence-corrected chi connectivity index (χ4v) is 3.53. The molecule has 0 saturated carbocycles. The summed E-state index contributed by atoms with van der Waals surface area (Å²) < 4.78 is 6.99. The standard InChI is InChI=1S/C25H23N3O3/c1-18(22-9-4-7-20-6-2-3-8-23(20)22)27-24(29)17-31-25(30)21-12-10-19(11-13-21)16-28-15-5-14-26-28/h2-15,18H,16-17H2,1H3,(H,27,29). The molecule has 0 fully saturated rings. The summed E-state index contributed by atoms with van der Waals surface area (Å²) in [6.45, 7) is 2.21. The van der Waals surface area contributed by atoms with E-state index in [0.717, 1.165) is 21.9 Å². The second kappa shape index (κ2) is 9.26. The number of aromatic nitrogens is 2. The van der Waals surface area contributed by atoms with E-state index in [4.69, 9.17) is 4.74 Å². The van der Waals surface area contributed by atoms with Crippen LogP contribution in [0.25, 0.3) is 10.8 Å². The van der Waals surface area contributed by atoms with Crippen molar-refractivity contribution in [2.24, 2.45) is 0 Å². The Kier molecular flexibility index (Phi) is 6.08. The minimum absolute atomic E-state index is 0.209. The predicted molar refractivity (Wildman–Crippen MR) is 119 cm³/mol. The van der Waals surface area contributed by atoms with Gasteiger partial charge in [-0.05, 0) is 47.0 Å². The molecule has 3 aromatic carbocycles. The summed E-state index contributed by atoms with van der Waals surface area (Å²) in [5, 5.41) is 9.27. The van der Waals surface area contributed by atoms with Crippen molar-refractivity contribution in [3.8, 4) is 0 Å². The van der Waals surface area contributed by atoms with Gasteiger partial charge in [0.15, 0.2) is 6.61 Å². The van der Waals surface area contributed by atoms with Crippen molar-refractivity contribution < 1.29 is 14.3 Å². The van der Waals surface area contributed by atoms with Crippen LogP contribution in [0.15, 0.2) is 85.2 Å². The molecule has 0 spiro atoms. The lowest BCUT2D eigenvalue weighted by Crippen LogP contribution is -2.31. The smallest absolute Gasteiger partial charge is 0.338 e. The number of hydrogen-bond acceptors (Lipinski definition) is 4. The highest BCUT2D eigenvalue weighted by atomic mass is 16.5. The van der Waals surface area contributed by atoms with E-state index < -0.39 is 5.97 Å². The fraction of sp³-hybridized carbons (Fsp3) is 0.160. The minimum atomic E-state index is -0.529. The van der Waals surface area contributed by atoms with Gasteiger partial charge in [0.1, 0.15) is 0 Å². The van der Waals surface area contributed by atoms with Gasteiger partial charge in [0.05, 0.1) is 18.2 Å². The molecule has 1 atom stereocenters. The van der Waals surface area contributed by atoms with E-state index in [1.165, 1.54) is 0 Å². The number of ether oxygens (including phenoxy) is 1. The molecule has 4 rings (SSSR count). The van der Waals surface area contributed by atoms with Crippen LogP contribution >= 0.6 is 0 Å². The summed E-state index contributed by atoms with van der Waals surface area (Å²) >= 11 is 0. The lowest BCUT2D eigenvalue weighted by molar-refractivity contribution is -0.124. The first-order chi connectivity index (χ1) is 15.1. The van der Waals surface area contributed by atoms with Crippen molar-refractivity contribution in [1.29, 1.82) is 0 Å². The Morgan fingerprint density at radius 1 is 1.00 bits per heavy atom. The third kappa shape index (κ3) is 4.98. The summed E-state index contributed by atoms with van der Waals surface area (Å²) in [6, 6.07) is 22.8. The van der Waals surface area contributed by atoms with E-state index in [9.17, 15) is 9.59 Å². The van der Waals surface area contributed by atoms with Crippen LogP contribution in [-0.4, -0.2) is 28.3 Å². The third-order valence-electron chi connectivity index (χ3n) is 5.10. The van der Waals surface area contributed by atoms with Gasteiger partial charge in [-0.15, -0.1) is 0 Å². The van der Waals surface area contributed by atoms with Crippen molar-refractivity contribution >= 4 is 22.6 Å². The molecule has 6 heteroatoms. The number of fused-ring (bicyclic) bond motifs is 1.